The molecule has 0 saturated heterocycles. The fourth-order valence-corrected chi connectivity index (χ4v) is 1.77. The number of amides is 1. The van der Waals surface area contributed by atoms with E-state index in [4.69, 9.17) is 11.5 Å². The molecule has 0 heterocycles. The molecule has 0 unspecified atom stereocenters. The van der Waals surface area contributed by atoms with E-state index in [0.717, 1.165) is 11.3 Å². The number of primary amides is 1. The number of anilines is 3. The van der Waals surface area contributed by atoms with Crippen molar-refractivity contribution in [2.45, 2.75) is 6.92 Å². The van der Waals surface area contributed by atoms with E-state index >= 15 is 0 Å². The Balaban J connectivity index is 2.33. The molecule has 0 aliphatic carbocycles. The molecule has 98 valence electrons. The summed E-state index contributed by atoms with van der Waals surface area (Å²) in [6.07, 6.45) is 0. The number of benzene rings is 2. The van der Waals surface area contributed by atoms with Crippen LogP contribution in [0.2, 0.25) is 0 Å². The Kier molecular flexibility index (Phi) is 3.37. The number of aryl methyl sites for hydroxylation is 1. The number of nitrogens with one attached hydrogen (secondary N) is 1. The molecule has 0 aliphatic heterocycles. The van der Waals surface area contributed by atoms with Crippen molar-refractivity contribution in [2.24, 2.45) is 5.73 Å². The first-order valence-corrected chi connectivity index (χ1v) is 5.70. The minimum atomic E-state index is -0.586. The molecule has 19 heavy (non-hydrogen) atoms. The summed E-state index contributed by atoms with van der Waals surface area (Å²) in [6.45, 7) is 1.79. The summed E-state index contributed by atoms with van der Waals surface area (Å²) in [4.78, 5) is 11.2. The lowest BCUT2D eigenvalue weighted by molar-refractivity contribution is 0.100. The molecule has 0 bridgehead atoms. The number of rotatable bonds is 3. The van der Waals surface area contributed by atoms with E-state index in [9.17, 15) is 9.18 Å². The van der Waals surface area contributed by atoms with Gasteiger partial charge in [0.2, 0.25) is 0 Å². The van der Waals surface area contributed by atoms with Crippen molar-refractivity contribution >= 4 is 23.0 Å². The average molecular weight is 259 g/mol. The van der Waals surface area contributed by atoms with Gasteiger partial charge in [-0.3, -0.25) is 4.79 Å². The molecule has 2 aromatic carbocycles. The first-order valence-electron chi connectivity index (χ1n) is 5.70. The Morgan fingerprint density at radius 2 is 1.95 bits per heavy atom. The van der Waals surface area contributed by atoms with Gasteiger partial charge in [-0.1, -0.05) is 0 Å². The van der Waals surface area contributed by atoms with Crippen LogP contribution < -0.4 is 16.8 Å². The van der Waals surface area contributed by atoms with Gasteiger partial charge in [-0.25, -0.2) is 4.39 Å². The molecule has 0 aromatic heterocycles. The quantitative estimate of drug-likeness (QED) is 0.741. The van der Waals surface area contributed by atoms with E-state index in [0.29, 0.717) is 11.4 Å². The van der Waals surface area contributed by atoms with Gasteiger partial charge in [0.05, 0.1) is 5.56 Å². The zero-order chi connectivity index (χ0) is 14.0. The highest BCUT2D eigenvalue weighted by atomic mass is 19.1. The topological polar surface area (TPSA) is 81.1 Å². The largest absolute Gasteiger partial charge is 0.398 e. The van der Waals surface area contributed by atoms with Crippen LogP contribution >= 0.6 is 0 Å². The van der Waals surface area contributed by atoms with Crippen molar-refractivity contribution in [3.63, 3.8) is 0 Å². The molecule has 0 fully saturated rings. The molecule has 5 N–H and O–H groups in total. The number of hydrogen-bond donors (Lipinski definition) is 3. The van der Waals surface area contributed by atoms with Crippen molar-refractivity contribution in [3.8, 4) is 0 Å². The Labute approximate surface area is 110 Å². The van der Waals surface area contributed by atoms with Crippen LogP contribution in [0.1, 0.15) is 15.9 Å². The maximum absolute atomic E-state index is 13.0. The summed E-state index contributed by atoms with van der Waals surface area (Å²) in [5.74, 6) is -0.879. The standard InChI is InChI=1S/C14H14FN3O/c1-8-6-9(15)2-5-13(8)18-10-3-4-12(16)11(7-10)14(17)19/h2-7,18H,16H2,1H3,(H2,17,19). The van der Waals surface area contributed by atoms with Crippen molar-refractivity contribution in [3.05, 3.63) is 53.3 Å². The van der Waals surface area contributed by atoms with Crippen molar-refractivity contribution in [1.82, 2.24) is 0 Å². The van der Waals surface area contributed by atoms with Gasteiger partial charge < -0.3 is 16.8 Å². The number of nitrogens with two attached hydrogens (primary N) is 2. The lowest BCUT2D eigenvalue weighted by Gasteiger charge is -2.11. The SMILES string of the molecule is Cc1cc(F)ccc1Nc1ccc(N)c(C(N)=O)c1. The molecule has 1 amide bonds. The van der Waals surface area contributed by atoms with E-state index in [2.05, 4.69) is 5.32 Å². The molecule has 0 aliphatic rings. The average Bonchev–Trinajstić information content (AvgIpc) is 2.34. The zero-order valence-corrected chi connectivity index (χ0v) is 10.4. The number of nitrogen functional groups attached to an aromatic ring is 1. The fourth-order valence-electron chi connectivity index (χ4n) is 1.77. The van der Waals surface area contributed by atoms with Gasteiger partial charge in [0.25, 0.3) is 5.91 Å². The fraction of sp³-hybridized carbons (Fsp3) is 0.0714. The smallest absolute Gasteiger partial charge is 0.250 e. The summed E-state index contributed by atoms with van der Waals surface area (Å²) >= 11 is 0. The van der Waals surface area contributed by atoms with E-state index in [1.54, 1.807) is 31.2 Å². The second-order valence-corrected chi connectivity index (χ2v) is 4.25. The lowest BCUT2D eigenvalue weighted by Crippen LogP contribution is -2.13. The molecule has 2 aromatic rings. The second kappa shape index (κ2) is 4.97. The Morgan fingerprint density at radius 1 is 1.21 bits per heavy atom. The third kappa shape index (κ3) is 2.82. The van der Waals surface area contributed by atoms with E-state index in [1.807, 2.05) is 0 Å². The zero-order valence-electron chi connectivity index (χ0n) is 10.4. The van der Waals surface area contributed by atoms with Crippen molar-refractivity contribution in [2.75, 3.05) is 11.1 Å². The Morgan fingerprint density at radius 3 is 2.58 bits per heavy atom. The van der Waals surface area contributed by atoms with Crippen LogP contribution in [0, 0.1) is 12.7 Å². The van der Waals surface area contributed by atoms with Crippen molar-refractivity contribution < 1.29 is 9.18 Å². The van der Waals surface area contributed by atoms with Crippen LogP contribution in [-0.2, 0) is 0 Å². The Bertz CT molecular complexity index is 641. The van der Waals surface area contributed by atoms with Crippen LogP contribution in [-0.4, -0.2) is 5.91 Å². The minimum absolute atomic E-state index is 0.254. The minimum Gasteiger partial charge on any atom is -0.398 e. The summed E-state index contributed by atoms with van der Waals surface area (Å²) in [5.41, 5.74) is 13.6. The van der Waals surface area contributed by atoms with Gasteiger partial charge in [0.15, 0.2) is 0 Å². The van der Waals surface area contributed by atoms with Crippen LogP contribution in [0.3, 0.4) is 0 Å². The highest BCUT2D eigenvalue weighted by molar-refractivity contribution is 5.99. The summed E-state index contributed by atoms with van der Waals surface area (Å²) in [5, 5.41) is 3.09. The molecular formula is C14H14FN3O. The molecule has 4 nitrogen and oxygen atoms in total. The molecule has 0 radical (unpaired) electrons. The molecule has 0 atom stereocenters. The van der Waals surface area contributed by atoms with Crippen molar-refractivity contribution in [1.29, 1.82) is 0 Å². The molecule has 5 heteroatoms. The van der Waals surface area contributed by atoms with E-state index in [-0.39, 0.29) is 11.4 Å². The second-order valence-electron chi connectivity index (χ2n) is 4.25. The summed E-state index contributed by atoms with van der Waals surface area (Å²) in [6, 6.07) is 9.31. The summed E-state index contributed by atoms with van der Waals surface area (Å²) in [7, 11) is 0. The number of carbonyl (C=O) groups is 1. The van der Waals surface area contributed by atoms with Gasteiger partial charge in [-0.05, 0) is 48.9 Å². The Hall–Kier alpha value is -2.56. The highest BCUT2D eigenvalue weighted by Crippen LogP contribution is 2.24. The third-order valence-corrected chi connectivity index (χ3v) is 2.79. The molecule has 2 rings (SSSR count). The molecule has 0 spiro atoms. The van der Waals surface area contributed by atoms with Crippen LogP contribution in [0.4, 0.5) is 21.5 Å². The van der Waals surface area contributed by atoms with Gasteiger partial charge >= 0.3 is 0 Å². The van der Waals surface area contributed by atoms with Gasteiger partial charge in [0, 0.05) is 17.1 Å². The maximum atomic E-state index is 13.0. The third-order valence-electron chi connectivity index (χ3n) is 2.79. The van der Waals surface area contributed by atoms with E-state index in [1.165, 1.54) is 12.1 Å². The number of carbonyl (C=O) groups excluding carboxylic acids is 1. The van der Waals surface area contributed by atoms with Gasteiger partial charge in [-0.2, -0.15) is 0 Å². The first-order chi connectivity index (χ1) is 8.97. The van der Waals surface area contributed by atoms with Crippen LogP contribution in [0.5, 0.6) is 0 Å². The van der Waals surface area contributed by atoms with Gasteiger partial charge in [0.1, 0.15) is 5.82 Å². The first kappa shape index (κ1) is 12.9. The van der Waals surface area contributed by atoms with Crippen LogP contribution in [0.25, 0.3) is 0 Å². The van der Waals surface area contributed by atoms with Crippen LogP contribution in [0.15, 0.2) is 36.4 Å². The normalized spacial score (nSPS) is 10.2. The number of halogens is 1. The molecular weight excluding hydrogens is 245 g/mol. The predicted molar refractivity (Wildman–Crippen MR) is 73.8 cm³/mol. The predicted octanol–water partition coefficient (Wildman–Crippen LogP) is 2.56. The number of hydrogen-bond acceptors (Lipinski definition) is 3. The monoisotopic (exact) mass is 259 g/mol. The van der Waals surface area contributed by atoms with E-state index < -0.39 is 5.91 Å². The maximum Gasteiger partial charge on any atom is 0.250 e. The molecule has 0 saturated carbocycles. The summed E-state index contributed by atoms with van der Waals surface area (Å²) < 4.78 is 13.0. The lowest BCUT2D eigenvalue weighted by atomic mass is 10.1. The highest BCUT2D eigenvalue weighted by Gasteiger charge is 2.07. The van der Waals surface area contributed by atoms with Gasteiger partial charge in [-0.15, -0.1) is 0 Å².